The number of rotatable bonds is 3. The number of aryl methyl sites for hydroxylation is 3. The van der Waals surface area contributed by atoms with Crippen molar-refractivity contribution in [2.45, 2.75) is 40.4 Å². The molecule has 1 amide bonds. The first-order valence-corrected chi connectivity index (χ1v) is 10.3. The Balaban J connectivity index is 1.77. The molecular formula is C22H23F3N6O2. The molecule has 3 aromatic rings. The van der Waals surface area contributed by atoms with E-state index < -0.39 is 12.7 Å². The Morgan fingerprint density at radius 1 is 1.06 bits per heavy atom. The van der Waals surface area contributed by atoms with E-state index in [0.29, 0.717) is 22.6 Å². The third-order valence-corrected chi connectivity index (χ3v) is 5.64. The van der Waals surface area contributed by atoms with Gasteiger partial charge in [0, 0.05) is 16.9 Å². The normalized spacial score (nSPS) is 14.2. The van der Waals surface area contributed by atoms with Crippen LogP contribution in [0.2, 0.25) is 0 Å². The number of benzene rings is 1. The lowest BCUT2D eigenvalue weighted by atomic mass is 9.93. The SMILES string of the molecule is Cc1cc(N2CCOc3ncnc(N)c3C2=O)cc(C)c1-c1c(C)nn(CC(F)(F)F)c1C. The van der Waals surface area contributed by atoms with Crippen molar-refractivity contribution >= 4 is 17.4 Å². The predicted octanol–water partition coefficient (Wildman–Crippen LogP) is 3.76. The first-order valence-electron chi connectivity index (χ1n) is 10.3. The molecule has 0 aliphatic carbocycles. The van der Waals surface area contributed by atoms with E-state index in [4.69, 9.17) is 10.5 Å². The van der Waals surface area contributed by atoms with Crippen molar-refractivity contribution in [3.05, 3.63) is 46.5 Å². The Labute approximate surface area is 188 Å². The van der Waals surface area contributed by atoms with Gasteiger partial charge in [0.2, 0.25) is 5.88 Å². The molecule has 0 saturated heterocycles. The van der Waals surface area contributed by atoms with Crippen LogP contribution in [0.1, 0.15) is 32.9 Å². The van der Waals surface area contributed by atoms with Gasteiger partial charge in [-0.1, -0.05) is 0 Å². The number of carbonyl (C=O) groups is 1. The molecule has 0 radical (unpaired) electrons. The van der Waals surface area contributed by atoms with Gasteiger partial charge in [0.1, 0.15) is 30.9 Å². The number of amides is 1. The van der Waals surface area contributed by atoms with Gasteiger partial charge in [-0.05, 0) is 56.5 Å². The average Bonchev–Trinajstić information content (AvgIpc) is 2.86. The molecule has 1 aromatic carbocycles. The zero-order valence-electron chi connectivity index (χ0n) is 18.6. The van der Waals surface area contributed by atoms with Crippen LogP contribution in [-0.4, -0.2) is 45.0 Å². The van der Waals surface area contributed by atoms with Crippen LogP contribution in [-0.2, 0) is 6.54 Å². The minimum atomic E-state index is -4.37. The summed E-state index contributed by atoms with van der Waals surface area (Å²) in [7, 11) is 0. The number of fused-ring (bicyclic) bond motifs is 1. The summed E-state index contributed by atoms with van der Waals surface area (Å²) in [6.45, 7) is 6.37. The van der Waals surface area contributed by atoms with Gasteiger partial charge >= 0.3 is 6.18 Å². The summed E-state index contributed by atoms with van der Waals surface area (Å²) in [5.74, 6) is -0.203. The lowest BCUT2D eigenvalue weighted by molar-refractivity contribution is -0.142. The quantitative estimate of drug-likeness (QED) is 0.639. The van der Waals surface area contributed by atoms with E-state index in [9.17, 15) is 18.0 Å². The second-order valence-electron chi connectivity index (χ2n) is 8.02. The summed E-state index contributed by atoms with van der Waals surface area (Å²) in [5, 5.41) is 4.11. The molecule has 11 heteroatoms. The minimum Gasteiger partial charge on any atom is -0.475 e. The van der Waals surface area contributed by atoms with Gasteiger partial charge in [-0.25, -0.2) is 9.97 Å². The fourth-order valence-corrected chi connectivity index (χ4v) is 4.28. The number of nitrogens with zero attached hydrogens (tertiary/aromatic N) is 5. The molecule has 0 spiro atoms. The first-order chi connectivity index (χ1) is 15.5. The van der Waals surface area contributed by atoms with E-state index >= 15 is 0 Å². The van der Waals surface area contributed by atoms with E-state index in [2.05, 4.69) is 15.1 Å². The molecule has 4 rings (SSSR count). The molecule has 0 bridgehead atoms. The predicted molar refractivity (Wildman–Crippen MR) is 116 cm³/mol. The number of carbonyl (C=O) groups excluding carboxylic acids is 1. The van der Waals surface area contributed by atoms with Gasteiger partial charge in [0.15, 0.2) is 0 Å². The molecule has 2 aromatic heterocycles. The highest BCUT2D eigenvalue weighted by atomic mass is 19.4. The van der Waals surface area contributed by atoms with E-state index in [0.717, 1.165) is 21.4 Å². The smallest absolute Gasteiger partial charge is 0.408 e. The van der Waals surface area contributed by atoms with Crippen molar-refractivity contribution in [2.75, 3.05) is 23.8 Å². The number of hydrogen-bond acceptors (Lipinski definition) is 6. The van der Waals surface area contributed by atoms with Crippen molar-refractivity contribution in [3.8, 4) is 17.0 Å². The highest BCUT2D eigenvalue weighted by Crippen LogP contribution is 2.37. The molecule has 1 aliphatic heterocycles. The lowest BCUT2D eigenvalue weighted by Gasteiger charge is -2.23. The van der Waals surface area contributed by atoms with Crippen LogP contribution in [0.4, 0.5) is 24.7 Å². The number of aromatic nitrogens is 4. The van der Waals surface area contributed by atoms with E-state index in [1.54, 1.807) is 18.7 Å². The molecule has 0 fully saturated rings. The van der Waals surface area contributed by atoms with Crippen LogP contribution in [0.3, 0.4) is 0 Å². The van der Waals surface area contributed by atoms with Gasteiger partial charge in [-0.3, -0.25) is 9.48 Å². The molecule has 0 saturated carbocycles. The van der Waals surface area contributed by atoms with E-state index in [1.165, 1.54) is 6.33 Å². The first kappa shape index (κ1) is 22.6. The Morgan fingerprint density at radius 3 is 2.36 bits per heavy atom. The third kappa shape index (κ3) is 4.10. The summed E-state index contributed by atoms with van der Waals surface area (Å²) < 4.78 is 45.4. The lowest BCUT2D eigenvalue weighted by Crippen LogP contribution is -2.33. The summed E-state index contributed by atoms with van der Waals surface area (Å²) in [4.78, 5) is 22.7. The van der Waals surface area contributed by atoms with Crippen LogP contribution in [0.5, 0.6) is 5.88 Å². The van der Waals surface area contributed by atoms with Gasteiger partial charge in [-0.15, -0.1) is 0 Å². The highest BCUT2D eigenvalue weighted by Gasteiger charge is 2.32. The summed E-state index contributed by atoms with van der Waals surface area (Å²) in [6, 6.07) is 3.65. The number of nitrogen functional groups attached to an aromatic ring is 1. The monoisotopic (exact) mass is 460 g/mol. The number of hydrogen-bond donors (Lipinski definition) is 1. The Hall–Kier alpha value is -3.63. The largest absolute Gasteiger partial charge is 0.475 e. The molecule has 8 nitrogen and oxygen atoms in total. The number of halogens is 3. The van der Waals surface area contributed by atoms with E-state index in [-0.39, 0.29) is 36.3 Å². The fraction of sp³-hybridized carbons (Fsp3) is 0.364. The molecule has 2 N–H and O–H groups in total. The Morgan fingerprint density at radius 2 is 1.73 bits per heavy atom. The molecule has 0 atom stereocenters. The molecule has 3 heterocycles. The van der Waals surface area contributed by atoms with Crippen LogP contribution < -0.4 is 15.4 Å². The van der Waals surface area contributed by atoms with Crippen molar-refractivity contribution in [1.29, 1.82) is 0 Å². The summed E-state index contributed by atoms with van der Waals surface area (Å²) in [5.41, 5.74) is 10.6. The van der Waals surface area contributed by atoms with E-state index in [1.807, 2.05) is 26.0 Å². The maximum Gasteiger partial charge on any atom is 0.408 e. The maximum atomic E-state index is 13.2. The minimum absolute atomic E-state index is 0.0327. The topological polar surface area (TPSA) is 99.2 Å². The van der Waals surface area contributed by atoms with Gasteiger partial charge in [0.25, 0.3) is 5.91 Å². The van der Waals surface area contributed by atoms with Crippen molar-refractivity contribution < 1.29 is 22.7 Å². The zero-order chi connectivity index (χ0) is 24.1. The zero-order valence-corrected chi connectivity index (χ0v) is 18.6. The summed E-state index contributed by atoms with van der Waals surface area (Å²) in [6.07, 6.45) is -3.13. The number of alkyl halides is 3. The van der Waals surface area contributed by atoms with Crippen molar-refractivity contribution in [1.82, 2.24) is 19.7 Å². The third-order valence-electron chi connectivity index (χ3n) is 5.64. The molecule has 1 aliphatic rings. The average molecular weight is 460 g/mol. The van der Waals surface area contributed by atoms with Crippen LogP contribution in [0.15, 0.2) is 18.5 Å². The highest BCUT2D eigenvalue weighted by molar-refractivity contribution is 6.10. The number of ether oxygens (including phenoxy) is 1. The van der Waals surface area contributed by atoms with Crippen LogP contribution >= 0.6 is 0 Å². The van der Waals surface area contributed by atoms with Gasteiger partial charge in [-0.2, -0.15) is 18.3 Å². The van der Waals surface area contributed by atoms with Crippen LogP contribution in [0.25, 0.3) is 11.1 Å². The second-order valence-corrected chi connectivity index (χ2v) is 8.02. The Bertz CT molecular complexity index is 1230. The number of anilines is 2. The molecule has 0 unspecified atom stereocenters. The number of nitrogens with two attached hydrogens (primary N) is 1. The summed E-state index contributed by atoms with van der Waals surface area (Å²) >= 11 is 0. The van der Waals surface area contributed by atoms with Crippen LogP contribution in [0, 0.1) is 27.7 Å². The van der Waals surface area contributed by atoms with Crippen molar-refractivity contribution in [2.24, 2.45) is 0 Å². The standard InChI is InChI=1S/C22H23F3N6O2/c1-11-7-15(30-5-6-33-20-18(21(30)32)19(26)27-10-28-20)8-12(2)16(11)17-13(3)29-31(14(17)4)9-22(23,24)25/h7-8,10H,5-6,9H2,1-4H3,(H2,26,27,28). The molecule has 174 valence electrons. The Kier molecular flexibility index (Phi) is 5.51. The molecular weight excluding hydrogens is 437 g/mol. The second kappa shape index (κ2) is 8.05. The maximum absolute atomic E-state index is 13.2. The van der Waals surface area contributed by atoms with Crippen molar-refractivity contribution in [3.63, 3.8) is 0 Å². The molecule has 33 heavy (non-hydrogen) atoms. The van der Waals surface area contributed by atoms with Gasteiger partial charge in [0.05, 0.1) is 12.2 Å². The van der Waals surface area contributed by atoms with Gasteiger partial charge < -0.3 is 15.4 Å². The fourth-order valence-electron chi connectivity index (χ4n) is 4.28.